The highest BCUT2D eigenvalue weighted by molar-refractivity contribution is 6.33. The summed E-state index contributed by atoms with van der Waals surface area (Å²) in [5, 5.41) is 3.12. The van der Waals surface area contributed by atoms with Gasteiger partial charge in [-0.2, -0.15) is 0 Å². The maximum atomic E-state index is 13.8. The van der Waals surface area contributed by atoms with Crippen molar-refractivity contribution in [2.75, 3.05) is 13.1 Å². The summed E-state index contributed by atoms with van der Waals surface area (Å²) >= 11 is 6.10. The van der Waals surface area contributed by atoms with E-state index in [0.29, 0.717) is 36.5 Å². The first-order valence-corrected chi connectivity index (χ1v) is 10.6. The number of ether oxygens (including phenoxy) is 1. The number of likely N-dealkylation sites (tertiary alicyclic amines) is 1. The molecular weight excluding hydrogens is 426 g/mol. The molecule has 2 aromatic carbocycles. The van der Waals surface area contributed by atoms with Gasteiger partial charge in [0.2, 0.25) is 5.91 Å². The molecule has 0 bridgehead atoms. The van der Waals surface area contributed by atoms with Gasteiger partial charge in [-0.25, -0.2) is 8.78 Å². The minimum Gasteiger partial charge on any atom is -0.487 e. The van der Waals surface area contributed by atoms with Crippen LogP contribution in [-0.4, -0.2) is 41.9 Å². The Bertz CT molecular complexity index is 946. The molecule has 5 nitrogen and oxygen atoms in total. The summed E-state index contributed by atoms with van der Waals surface area (Å²) in [6, 6.07) is 9.16. The van der Waals surface area contributed by atoms with Crippen molar-refractivity contribution in [3.05, 3.63) is 64.7 Å². The summed E-state index contributed by atoms with van der Waals surface area (Å²) in [6.45, 7) is 4.56. The van der Waals surface area contributed by atoms with Gasteiger partial charge in [0.15, 0.2) is 11.6 Å². The van der Waals surface area contributed by atoms with Gasteiger partial charge >= 0.3 is 0 Å². The molecule has 166 valence electrons. The predicted molar refractivity (Wildman–Crippen MR) is 114 cm³/mol. The number of hydrogen-bond acceptors (Lipinski definition) is 3. The van der Waals surface area contributed by atoms with Crippen LogP contribution < -0.4 is 10.1 Å². The Morgan fingerprint density at radius 3 is 2.42 bits per heavy atom. The number of amides is 2. The molecule has 1 unspecified atom stereocenters. The molecule has 0 aliphatic carbocycles. The van der Waals surface area contributed by atoms with Gasteiger partial charge in [-0.3, -0.25) is 9.59 Å². The predicted octanol–water partition coefficient (Wildman–Crippen LogP) is 4.44. The molecule has 1 atom stereocenters. The van der Waals surface area contributed by atoms with E-state index in [9.17, 15) is 18.4 Å². The second-order valence-electron chi connectivity index (χ2n) is 7.89. The van der Waals surface area contributed by atoms with Crippen LogP contribution in [0.4, 0.5) is 8.78 Å². The lowest BCUT2D eigenvalue weighted by Crippen LogP contribution is -2.53. The van der Waals surface area contributed by atoms with Crippen LogP contribution in [0.2, 0.25) is 5.02 Å². The maximum Gasteiger partial charge on any atom is 0.253 e. The smallest absolute Gasteiger partial charge is 0.253 e. The normalized spacial score (nSPS) is 15.6. The summed E-state index contributed by atoms with van der Waals surface area (Å²) in [4.78, 5) is 27.4. The molecular formula is C23H25ClF2N2O3. The van der Waals surface area contributed by atoms with E-state index in [-0.39, 0.29) is 23.7 Å². The highest BCUT2D eigenvalue weighted by Crippen LogP contribution is 2.24. The number of piperidine rings is 1. The monoisotopic (exact) mass is 450 g/mol. The van der Waals surface area contributed by atoms with Crippen LogP contribution in [0.15, 0.2) is 42.5 Å². The van der Waals surface area contributed by atoms with Gasteiger partial charge < -0.3 is 15.0 Å². The SMILES string of the molecule is CC(C)C(NC(=O)c1ccccc1Cl)C(=O)N1CCC(Oc2ccc(F)cc2F)CC1. The Morgan fingerprint density at radius 2 is 1.81 bits per heavy atom. The molecule has 3 rings (SSSR count). The van der Waals surface area contributed by atoms with Crippen LogP contribution in [0.3, 0.4) is 0 Å². The van der Waals surface area contributed by atoms with E-state index >= 15 is 0 Å². The maximum absolute atomic E-state index is 13.8. The van der Waals surface area contributed by atoms with E-state index in [4.69, 9.17) is 16.3 Å². The number of nitrogens with zero attached hydrogens (tertiary/aromatic N) is 1. The van der Waals surface area contributed by atoms with Crippen LogP contribution in [-0.2, 0) is 4.79 Å². The Morgan fingerprint density at radius 1 is 1.13 bits per heavy atom. The van der Waals surface area contributed by atoms with Crippen molar-refractivity contribution >= 4 is 23.4 Å². The number of carbonyl (C=O) groups is 2. The van der Waals surface area contributed by atoms with Crippen molar-refractivity contribution in [1.82, 2.24) is 10.2 Å². The molecule has 1 saturated heterocycles. The van der Waals surface area contributed by atoms with E-state index in [0.717, 1.165) is 12.1 Å². The fourth-order valence-electron chi connectivity index (χ4n) is 3.52. The first-order valence-electron chi connectivity index (χ1n) is 10.2. The Hall–Kier alpha value is -2.67. The van der Waals surface area contributed by atoms with Crippen molar-refractivity contribution in [3.8, 4) is 5.75 Å². The summed E-state index contributed by atoms with van der Waals surface area (Å²) in [5.74, 6) is -2.12. The van der Waals surface area contributed by atoms with Crippen molar-refractivity contribution in [2.45, 2.75) is 38.8 Å². The zero-order chi connectivity index (χ0) is 22.5. The zero-order valence-corrected chi connectivity index (χ0v) is 18.2. The molecule has 2 aromatic rings. The van der Waals surface area contributed by atoms with Crippen LogP contribution in [0.5, 0.6) is 5.75 Å². The zero-order valence-electron chi connectivity index (χ0n) is 17.4. The Labute approximate surface area is 185 Å². The van der Waals surface area contributed by atoms with Crippen molar-refractivity contribution in [3.63, 3.8) is 0 Å². The molecule has 1 aliphatic heterocycles. The van der Waals surface area contributed by atoms with Gasteiger partial charge in [0.05, 0.1) is 10.6 Å². The molecule has 0 saturated carbocycles. The Kier molecular flexibility index (Phi) is 7.49. The largest absolute Gasteiger partial charge is 0.487 e. The third kappa shape index (κ3) is 5.73. The van der Waals surface area contributed by atoms with Gasteiger partial charge in [0, 0.05) is 32.0 Å². The lowest BCUT2D eigenvalue weighted by Gasteiger charge is -2.35. The summed E-state index contributed by atoms with van der Waals surface area (Å²) in [7, 11) is 0. The van der Waals surface area contributed by atoms with Crippen LogP contribution in [0, 0.1) is 17.6 Å². The molecule has 1 N–H and O–H groups in total. The molecule has 0 aromatic heterocycles. The van der Waals surface area contributed by atoms with E-state index in [1.54, 1.807) is 29.2 Å². The molecule has 0 radical (unpaired) electrons. The lowest BCUT2D eigenvalue weighted by atomic mass is 9.99. The number of rotatable bonds is 6. The molecule has 0 spiro atoms. The lowest BCUT2D eigenvalue weighted by molar-refractivity contribution is -0.136. The van der Waals surface area contributed by atoms with E-state index < -0.39 is 23.6 Å². The average Bonchev–Trinajstić information content (AvgIpc) is 2.74. The van der Waals surface area contributed by atoms with Gasteiger partial charge in [-0.15, -0.1) is 0 Å². The number of hydrogen-bond donors (Lipinski definition) is 1. The van der Waals surface area contributed by atoms with Crippen LogP contribution in [0.25, 0.3) is 0 Å². The highest BCUT2D eigenvalue weighted by Gasteiger charge is 2.32. The van der Waals surface area contributed by atoms with Crippen LogP contribution >= 0.6 is 11.6 Å². The van der Waals surface area contributed by atoms with Crippen molar-refractivity contribution < 1.29 is 23.1 Å². The van der Waals surface area contributed by atoms with Crippen molar-refractivity contribution in [2.24, 2.45) is 5.92 Å². The highest BCUT2D eigenvalue weighted by atomic mass is 35.5. The second-order valence-corrected chi connectivity index (χ2v) is 8.30. The minimum atomic E-state index is -0.749. The standard InChI is InChI=1S/C23H25ClF2N2O3/c1-14(2)21(27-22(29)17-5-3-4-6-18(17)24)23(30)28-11-9-16(10-12-28)31-20-8-7-15(25)13-19(20)26/h3-8,13-14,16,21H,9-12H2,1-2H3,(H,27,29). The molecule has 2 amide bonds. The van der Waals surface area contributed by atoms with E-state index in [1.165, 1.54) is 6.07 Å². The average molecular weight is 451 g/mol. The quantitative estimate of drug-likeness (QED) is 0.707. The van der Waals surface area contributed by atoms with Gasteiger partial charge in [0.25, 0.3) is 5.91 Å². The van der Waals surface area contributed by atoms with Crippen molar-refractivity contribution in [1.29, 1.82) is 0 Å². The molecule has 1 fully saturated rings. The number of benzene rings is 2. The topological polar surface area (TPSA) is 58.6 Å². The molecule has 1 aliphatic rings. The summed E-state index contributed by atoms with van der Waals surface area (Å²) in [6.07, 6.45) is 0.733. The number of halogens is 3. The Balaban J connectivity index is 1.59. The molecule has 8 heteroatoms. The van der Waals surface area contributed by atoms with Gasteiger partial charge in [0.1, 0.15) is 18.0 Å². The van der Waals surface area contributed by atoms with Crippen LogP contribution in [0.1, 0.15) is 37.0 Å². The van der Waals surface area contributed by atoms with E-state index in [2.05, 4.69) is 5.32 Å². The fraction of sp³-hybridized carbons (Fsp3) is 0.391. The third-order valence-electron chi connectivity index (χ3n) is 5.28. The third-order valence-corrected chi connectivity index (χ3v) is 5.61. The molecule has 31 heavy (non-hydrogen) atoms. The van der Waals surface area contributed by atoms with E-state index in [1.807, 2.05) is 13.8 Å². The first kappa shape index (κ1) is 23.0. The van der Waals surface area contributed by atoms with Gasteiger partial charge in [-0.05, 0) is 30.2 Å². The summed E-state index contributed by atoms with van der Waals surface area (Å²) in [5.41, 5.74) is 0.316. The first-order chi connectivity index (χ1) is 14.8. The molecule has 1 heterocycles. The van der Waals surface area contributed by atoms with Gasteiger partial charge in [-0.1, -0.05) is 37.6 Å². The number of carbonyl (C=O) groups excluding carboxylic acids is 2. The number of nitrogens with one attached hydrogen (secondary N) is 1. The minimum absolute atomic E-state index is 0.00163. The second kappa shape index (κ2) is 10.1. The fourth-order valence-corrected chi connectivity index (χ4v) is 3.74. The summed E-state index contributed by atoms with van der Waals surface area (Å²) < 4.78 is 32.5.